The average Bonchev–Trinajstić information content (AvgIpc) is 2.63. The quantitative estimate of drug-likeness (QED) is 0.736. The Morgan fingerprint density at radius 3 is 3.13 bits per heavy atom. The highest BCUT2D eigenvalue weighted by molar-refractivity contribution is 5.94. The summed E-state index contributed by atoms with van der Waals surface area (Å²) in [6.45, 7) is 2.81. The molecule has 1 amide bonds. The van der Waals surface area contributed by atoms with Crippen molar-refractivity contribution in [1.29, 1.82) is 0 Å². The summed E-state index contributed by atoms with van der Waals surface area (Å²) in [5.74, 6) is 0.424. The van der Waals surface area contributed by atoms with Crippen LogP contribution in [-0.2, 0) is 0 Å². The van der Waals surface area contributed by atoms with Gasteiger partial charge in [-0.25, -0.2) is 0 Å². The van der Waals surface area contributed by atoms with E-state index < -0.39 is 6.10 Å². The summed E-state index contributed by atoms with van der Waals surface area (Å²) in [6, 6.07) is 0. The number of carbonyl (C=O) groups excluding carboxylic acids is 1. The fourth-order valence-electron chi connectivity index (χ4n) is 1.81. The summed E-state index contributed by atoms with van der Waals surface area (Å²) in [7, 11) is 0. The number of piperidine rings is 1. The van der Waals surface area contributed by atoms with Gasteiger partial charge in [0.15, 0.2) is 0 Å². The standard InChI is InChI=1S/C10H14N2O3/c1-7-9(5-11-15-7)10(14)12-4-2-3-8(13)6-12/h5,8,13H,2-4,6H2,1H3/t8-/m1/s1. The lowest BCUT2D eigenvalue weighted by atomic mass is 10.1. The molecule has 1 aliphatic heterocycles. The Bertz CT molecular complexity index is 361. The van der Waals surface area contributed by atoms with Gasteiger partial charge in [0.2, 0.25) is 0 Å². The summed E-state index contributed by atoms with van der Waals surface area (Å²) in [4.78, 5) is 13.6. The maximum absolute atomic E-state index is 11.9. The van der Waals surface area contributed by atoms with Crippen LogP contribution in [0.5, 0.6) is 0 Å². The number of hydrogen-bond donors (Lipinski definition) is 1. The van der Waals surface area contributed by atoms with Gasteiger partial charge in [0.25, 0.3) is 5.91 Å². The largest absolute Gasteiger partial charge is 0.391 e. The molecule has 1 atom stereocenters. The molecule has 5 heteroatoms. The number of carbonyl (C=O) groups is 1. The number of β-amino-alcohol motifs (C(OH)–C–C–N with tert-alkyl or cyclic N) is 1. The van der Waals surface area contributed by atoms with Crippen LogP contribution in [0.15, 0.2) is 10.7 Å². The smallest absolute Gasteiger partial charge is 0.259 e. The lowest BCUT2D eigenvalue weighted by Gasteiger charge is -2.29. The third-order valence-corrected chi connectivity index (χ3v) is 2.66. The van der Waals surface area contributed by atoms with Gasteiger partial charge in [-0.3, -0.25) is 4.79 Å². The van der Waals surface area contributed by atoms with Crippen molar-refractivity contribution < 1.29 is 14.4 Å². The fraction of sp³-hybridized carbons (Fsp3) is 0.600. The highest BCUT2D eigenvalue weighted by Gasteiger charge is 2.25. The number of aliphatic hydroxyl groups excluding tert-OH is 1. The minimum atomic E-state index is -0.400. The van der Waals surface area contributed by atoms with Crippen LogP contribution in [0.1, 0.15) is 29.0 Å². The van der Waals surface area contributed by atoms with E-state index in [-0.39, 0.29) is 5.91 Å². The molecule has 0 bridgehead atoms. The van der Waals surface area contributed by atoms with Crippen LogP contribution < -0.4 is 0 Å². The van der Waals surface area contributed by atoms with Gasteiger partial charge in [-0.05, 0) is 19.8 Å². The van der Waals surface area contributed by atoms with Gasteiger partial charge in [-0.15, -0.1) is 0 Å². The van der Waals surface area contributed by atoms with E-state index >= 15 is 0 Å². The molecule has 0 unspecified atom stereocenters. The number of amides is 1. The fourth-order valence-corrected chi connectivity index (χ4v) is 1.81. The van der Waals surface area contributed by atoms with E-state index in [9.17, 15) is 9.90 Å². The van der Waals surface area contributed by atoms with Crippen molar-refractivity contribution >= 4 is 5.91 Å². The first-order valence-electron chi connectivity index (χ1n) is 5.07. The van der Waals surface area contributed by atoms with E-state index in [0.717, 1.165) is 12.8 Å². The topological polar surface area (TPSA) is 66.6 Å². The molecule has 1 N–H and O–H groups in total. The van der Waals surface area contributed by atoms with E-state index in [1.54, 1.807) is 11.8 Å². The molecule has 2 rings (SSSR count). The van der Waals surface area contributed by atoms with E-state index in [2.05, 4.69) is 5.16 Å². The van der Waals surface area contributed by atoms with E-state index in [4.69, 9.17) is 4.52 Å². The van der Waals surface area contributed by atoms with Crippen molar-refractivity contribution in [3.8, 4) is 0 Å². The minimum Gasteiger partial charge on any atom is -0.391 e. The number of aryl methyl sites for hydroxylation is 1. The predicted octanol–water partition coefficient (Wildman–Crippen LogP) is 0.580. The molecule has 82 valence electrons. The molecule has 0 radical (unpaired) electrons. The van der Waals surface area contributed by atoms with Gasteiger partial charge < -0.3 is 14.5 Å². The first-order chi connectivity index (χ1) is 7.18. The molecule has 1 saturated heterocycles. The van der Waals surface area contributed by atoms with Crippen LogP contribution in [0.3, 0.4) is 0 Å². The molecule has 0 spiro atoms. The second kappa shape index (κ2) is 4.02. The third-order valence-electron chi connectivity index (χ3n) is 2.66. The van der Waals surface area contributed by atoms with E-state index in [0.29, 0.717) is 24.4 Å². The van der Waals surface area contributed by atoms with Gasteiger partial charge in [-0.1, -0.05) is 5.16 Å². The molecule has 0 aliphatic carbocycles. The Morgan fingerprint density at radius 1 is 1.73 bits per heavy atom. The Kier molecular flexibility index (Phi) is 2.73. The third kappa shape index (κ3) is 2.02. The Morgan fingerprint density at radius 2 is 2.53 bits per heavy atom. The molecule has 15 heavy (non-hydrogen) atoms. The van der Waals surface area contributed by atoms with Crippen LogP contribution in [0.25, 0.3) is 0 Å². The SMILES string of the molecule is Cc1oncc1C(=O)N1CCC[C@@H](O)C1. The van der Waals surface area contributed by atoms with E-state index in [1.807, 2.05) is 0 Å². The second-order valence-corrected chi connectivity index (χ2v) is 3.84. The van der Waals surface area contributed by atoms with Gasteiger partial charge in [0, 0.05) is 13.1 Å². The highest BCUT2D eigenvalue weighted by atomic mass is 16.5. The number of aromatic nitrogens is 1. The summed E-state index contributed by atoms with van der Waals surface area (Å²) in [5, 5.41) is 13.0. The van der Waals surface area contributed by atoms with Crippen molar-refractivity contribution in [3.05, 3.63) is 17.5 Å². The number of rotatable bonds is 1. The molecule has 1 fully saturated rings. The minimum absolute atomic E-state index is 0.104. The van der Waals surface area contributed by atoms with E-state index in [1.165, 1.54) is 6.20 Å². The zero-order valence-electron chi connectivity index (χ0n) is 8.64. The van der Waals surface area contributed by atoms with Crippen LogP contribution in [0, 0.1) is 6.92 Å². The van der Waals surface area contributed by atoms with Crippen molar-refractivity contribution in [2.75, 3.05) is 13.1 Å². The maximum Gasteiger partial charge on any atom is 0.259 e. The first kappa shape index (κ1) is 10.2. The van der Waals surface area contributed by atoms with Crippen molar-refractivity contribution in [3.63, 3.8) is 0 Å². The average molecular weight is 210 g/mol. The van der Waals surface area contributed by atoms with Gasteiger partial charge in [-0.2, -0.15) is 0 Å². The molecular formula is C10H14N2O3. The number of hydrogen-bond acceptors (Lipinski definition) is 4. The number of nitrogens with zero attached hydrogens (tertiary/aromatic N) is 2. The normalized spacial score (nSPS) is 21.7. The zero-order chi connectivity index (χ0) is 10.8. The summed E-state index contributed by atoms with van der Waals surface area (Å²) in [5.41, 5.74) is 0.490. The van der Waals surface area contributed by atoms with Crippen LogP contribution in [0.4, 0.5) is 0 Å². The van der Waals surface area contributed by atoms with Crippen molar-refractivity contribution in [2.24, 2.45) is 0 Å². The van der Waals surface area contributed by atoms with Crippen LogP contribution >= 0.6 is 0 Å². The Balaban J connectivity index is 2.11. The molecule has 0 aromatic carbocycles. The monoisotopic (exact) mass is 210 g/mol. The molecule has 1 aromatic rings. The lowest BCUT2D eigenvalue weighted by Crippen LogP contribution is -2.42. The maximum atomic E-state index is 11.9. The van der Waals surface area contributed by atoms with Gasteiger partial charge >= 0.3 is 0 Å². The summed E-state index contributed by atoms with van der Waals surface area (Å²) < 4.78 is 4.84. The number of likely N-dealkylation sites (tertiary alicyclic amines) is 1. The molecule has 1 aliphatic rings. The summed E-state index contributed by atoms with van der Waals surface area (Å²) in [6.07, 6.45) is 2.64. The van der Waals surface area contributed by atoms with Crippen molar-refractivity contribution in [1.82, 2.24) is 10.1 Å². The molecular weight excluding hydrogens is 196 g/mol. The lowest BCUT2D eigenvalue weighted by molar-refractivity contribution is 0.0472. The van der Waals surface area contributed by atoms with Crippen LogP contribution in [-0.4, -0.2) is 40.3 Å². The van der Waals surface area contributed by atoms with Crippen LogP contribution in [0.2, 0.25) is 0 Å². The second-order valence-electron chi connectivity index (χ2n) is 3.84. The van der Waals surface area contributed by atoms with Gasteiger partial charge in [0.05, 0.1) is 12.3 Å². The predicted molar refractivity (Wildman–Crippen MR) is 52.4 cm³/mol. The number of aliphatic hydroxyl groups is 1. The molecule has 2 heterocycles. The molecule has 0 saturated carbocycles. The Labute approximate surface area is 87.7 Å². The Hall–Kier alpha value is -1.36. The molecule has 1 aromatic heterocycles. The zero-order valence-corrected chi connectivity index (χ0v) is 8.64. The van der Waals surface area contributed by atoms with Gasteiger partial charge in [0.1, 0.15) is 11.3 Å². The summed E-state index contributed by atoms with van der Waals surface area (Å²) >= 11 is 0. The highest BCUT2D eigenvalue weighted by Crippen LogP contribution is 2.15. The van der Waals surface area contributed by atoms with Crippen molar-refractivity contribution in [2.45, 2.75) is 25.9 Å². The first-order valence-corrected chi connectivity index (χ1v) is 5.07. The molecule has 5 nitrogen and oxygen atoms in total.